The minimum atomic E-state index is -0.181. The summed E-state index contributed by atoms with van der Waals surface area (Å²) in [5.41, 5.74) is 1.83. The number of nitriles is 1. The second-order valence-corrected chi connectivity index (χ2v) is 3.17. The summed E-state index contributed by atoms with van der Waals surface area (Å²) in [5, 5.41) is 8.71. The number of nitrogens with one attached hydrogen (secondary N) is 1. The molecule has 0 atom stereocenters. The van der Waals surface area contributed by atoms with E-state index < -0.39 is 0 Å². The molecular formula is C11H9N3O. The molecule has 0 saturated heterocycles. The molecule has 0 spiro atoms. The van der Waals surface area contributed by atoms with Crippen molar-refractivity contribution in [2.45, 2.75) is 6.54 Å². The van der Waals surface area contributed by atoms with Crippen molar-refractivity contribution in [3.05, 3.63) is 46.9 Å². The molecule has 4 heteroatoms. The molecule has 0 aliphatic carbocycles. The zero-order chi connectivity index (χ0) is 10.8. The van der Waals surface area contributed by atoms with Crippen LogP contribution in [0.15, 0.2) is 35.6 Å². The van der Waals surface area contributed by atoms with Crippen LogP contribution in [0.5, 0.6) is 0 Å². The summed E-state index contributed by atoms with van der Waals surface area (Å²) < 4.78 is 1.57. The van der Waals surface area contributed by atoms with E-state index in [2.05, 4.69) is 11.6 Å². The molecular weight excluding hydrogens is 190 g/mol. The van der Waals surface area contributed by atoms with Crippen LogP contribution in [0.4, 0.5) is 0 Å². The maximum Gasteiger partial charge on any atom is 0.326 e. The zero-order valence-electron chi connectivity index (χ0n) is 8.03. The summed E-state index contributed by atoms with van der Waals surface area (Å²) in [6.45, 7) is 4.05. The normalized spacial score (nSPS) is 10.1. The zero-order valence-corrected chi connectivity index (χ0v) is 8.03. The molecule has 1 heterocycles. The van der Waals surface area contributed by atoms with Gasteiger partial charge >= 0.3 is 5.69 Å². The van der Waals surface area contributed by atoms with E-state index in [1.807, 2.05) is 6.07 Å². The summed E-state index contributed by atoms with van der Waals surface area (Å²) in [4.78, 5) is 14.2. The number of aromatic nitrogens is 2. The van der Waals surface area contributed by atoms with Crippen molar-refractivity contribution in [2.75, 3.05) is 0 Å². The summed E-state index contributed by atoms with van der Waals surface area (Å²) in [7, 11) is 0. The molecule has 1 aromatic carbocycles. The highest BCUT2D eigenvalue weighted by Gasteiger charge is 2.05. The standard InChI is InChI=1S/C11H9N3O/c1-2-5-14-10-4-3-8(7-12)6-9(10)13-11(14)15/h2-4,6H,1,5H2,(H,13,15). The molecule has 2 aromatic rings. The van der Waals surface area contributed by atoms with Crippen LogP contribution in [-0.4, -0.2) is 9.55 Å². The van der Waals surface area contributed by atoms with Gasteiger partial charge in [0.15, 0.2) is 0 Å². The average Bonchev–Trinajstić information content (AvgIpc) is 2.55. The molecule has 2 rings (SSSR count). The third kappa shape index (κ3) is 1.44. The Morgan fingerprint density at radius 2 is 2.40 bits per heavy atom. The molecule has 1 aromatic heterocycles. The van der Waals surface area contributed by atoms with Crippen molar-refractivity contribution in [1.29, 1.82) is 5.26 Å². The van der Waals surface area contributed by atoms with Gasteiger partial charge in [0.05, 0.1) is 22.7 Å². The maximum atomic E-state index is 11.5. The molecule has 0 bridgehead atoms. The fraction of sp³-hybridized carbons (Fsp3) is 0.0909. The number of hydrogen-bond donors (Lipinski definition) is 1. The van der Waals surface area contributed by atoms with Gasteiger partial charge in [-0.1, -0.05) is 6.08 Å². The first-order valence-electron chi connectivity index (χ1n) is 4.50. The highest BCUT2D eigenvalue weighted by atomic mass is 16.1. The van der Waals surface area contributed by atoms with Crippen LogP contribution in [0.25, 0.3) is 11.0 Å². The molecule has 0 fully saturated rings. The van der Waals surface area contributed by atoms with Gasteiger partial charge in [-0.05, 0) is 18.2 Å². The SMILES string of the molecule is C=CCn1c(=O)[nH]c2cc(C#N)ccc21. The summed E-state index contributed by atoms with van der Waals surface area (Å²) in [6, 6.07) is 7.14. The number of benzene rings is 1. The lowest BCUT2D eigenvalue weighted by Gasteiger charge is -1.97. The van der Waals surface area contributed by atoms with Crippen LogP contribution >= 0.6 is 0 Å². The van der Waals surface area contributed by atoms with E-state index >= 15 is 0 Å². The lowest BCUT2D eigenvalue weighted by molar-refractivity contribution is 0.809. The van der Waals surface area contributed by atoms with Gasteiger partial charge in [-0.15, -0.1) is 6.58 Å². The van der Waals surface area contributed by atoms with Gasteiger partial charge in [0.25, 0.3) is 0 Å². The first-order valence-corrected chi connectivity index (χ1v) is 4.50. The Morgan fingerprint density at radius 1 is 1.60 bits per heavy atom. The third-order valence-corrected chi connectivity index (χ3v) is 2.21. The number of allylic oxidation sites excluding steroid dienone is 1. The average molecular weight is 199 g/mol. The van der Waals surface area contributed by atoms with Crippen LogP contribution < -0.4 is 5.69 Å². The Kier molecular flexibility index (Phi) is 2.14. The van der Waals surface area contributed by atoms with Crippen LogP contribution in [0.3, 0.4) is 0 Å². The molecule has 0 unspecified atom stereocenters. The second kappa shape index (κ2) is 3.46. The summed E-state index contributed by atoms with van der Waals surface area (Å²) in [5.74, 6) is 0. The topological polar surface area (TPSA) is 61.6 Å². The number of H-pyrrole nitrogens is 1. The van der Waals surface area contributed by atoms with E-state index in [0.29, 0.717) is 17.6 Å². The molecule has 0 saturated carbocycles. The fourth-order valence-corrected chi connectivity index (χ4v) is 1.54. The van der Waals surface area contributed by atoms with Gasteiger partial charge < -0.3 is 4.98 Å². The largest absolute Gasteiger partial charge is 0.326 e. The van der Waals surface area contributed by atoms with Crippen molar-refractivity contribution in [3.63, 3.8) is 0 Å². The number of hydrogen-bond acceptors (Lipinski definition) is 2. The quantitative estimate of drug-likeness (QED) is 0.743. The van der Waals surface area contributed by atoms with Crippen LogP contribution in [0.1, 0.15) is 5.56 Å². The van der Waals surface area contributed by atoms with Crippen LogP contribution in [0, 0.1) is 11.3 Å². The van der Waals surface area contributed by atoms with E-state index in [4.69, 9.17) is 5.26 Å². The Morgan fingerprint density at radius 3 is 3.07 bits per heavy atom. The molecule has 0 aliphatic rings. The second-order valence-electron chi connectivity index (χ2n) is 3.17. The Balaban J connectivity index is 2.75. The monoisotopic (exact) mass is 199 g/mol. The van der Waals surface area contributed by atoms with E-state index in [1.54, 1.807) is 28.8 Å². The number of imidazole rings is 1. The summed E-state index contributed by atoms with van der Waals surface area (Å²) >= 11 is 0. The third-order valence-electron chi connectivity index (χ3n) is 2.21. The van der Waals surface area contributed by atoms with Crippen molar-refractivity contribution in [1.82, 2.24) is 9.55 Å². The van der Waals surface area contributed by atoms with Gasteiger partial charge in [0.2, 0.25) is 0 Å². The van der Waals surface area contributed by atoms with Crippen molar-refractivity contribution in [2.24, 2.45) is 0 Å². The highest BCUT2D eigenvalue weighted by Crippen LogP contribution is 2.12. The van der Waals surface area contributed by atoms with Crippen molar-refractivity contribution < 1.29 is 0 Å². The molecule has 0 aliphatic heterocycles. The fourth-order valence-electron chi connectivity index (χ4n) is 1.54. The van der Waals surface area contributed by atoms with Gasteiger partial charge in [-0.25, -0.2) is 4.79 Å². The predicted molar refractivity (Wildman–Crippen MR) is 57.5 cm³/mol. The van der Waals surface area contributed by atoms with Crippen molar-refractivity contribution in [3.8, 4) is 6.07 Å². The summed E-state index contributed by atoms with van der Waals surface area (Å²) in [6.07, 6.45) is 1.66. The lowest BCUT2D eigenvalue weighted by atomic mass is 10.2. The predicted octanol–water partition coefficient (Wildman–Crippen LogP) is 1.39. The number of nitrogens with zero attached hydrogens (tertiary/aromatic N) is 2. The van der Waals surface area contributed by atoms with Crippen LogP contribution in [0.2, 0.25) is 0 Å². The lowest BCUT2D eigenvalue weighted by Crippen LogP contribution is -2.15. The molecule has 74 valence electrons. The first kappa shape index (κ1) is 9.28. The molecule has 15 heavy (non-hydrogen) atoms. The molecule has 0 amide bonds. The minimum absolute atomic E-state index is 0.181. The van der Waals surface area contributed by atoms with Gasteiger partial charge in [-0.3, -0.25) is 4.57 Å². The Bertz CT molecular complexity index is 613. The number of fused-ring (bicyclic) bond motifs is 1. The molecule has 4 nitrogen and oxygen atoms in total. The molecule has 0 radical (unpaired) electrons. The van der Waals surface area contributed by atoms with Gasteiger partial charge in [0, 0.05) is 6.54 Å². The minimum Gasteiger partial charge on any atom is -0.305 e. The van der Waals surface area contributed by atoms with Crippen LogP contribution in [-0.2, 0) is 6.54 Å². The van der Waals surface area contributed by atoms with Gasteiger partial charge in [-0.2, -0.15) is 5.26 Å². The smallest absolute Gasteiger partial charge is 0.305 e. The van der Waals surface area contributed by atoms with E-state index in [0.717, 1.165) is 5.52 Å². The van der Waals surface area contributed by atoms with E-state index in [1.165, 1.54) is 0 Å². The van der Waals surface area contributed by atoms with E-state index in [-0.39, 0.29) is 5.69 Å². The maximum absolute atomic E-state index is 11.5. The van der Waals surface area contributed by atoms with Crippen molar-refractivity contribution >= 4 is 11.0 Å². The molecule has 1 N–H and O–H groups in total. The highest BCUT2D eigenvalue weighted by molar-refractivity contribution is 5.76. The van der Waals surface area contributed by atoms with E-state index in [9.17, 15) is 4.79 Å². The number of aromatic amines is 1. The first-order chi connectivity index (χ1) is 7.26. The Hall–Kier alpha value is -2.28. The number of rotatable bonds is 2. The van der Waals surface area contributed by atoms with Gasteiger partial charge in [0.1, 0.15) is 0 Å². The Labute approximate surface area is 86.1 Å².